The van der Waals surface area contributed by atoms with Gasteiger partial charge in [-0.1, -0.05) is 48.2 Å². The van der Waals surface area contributed by atoms with E-state index >= 15 is 0 Å². The number of rotatable bonds is 8. The van der Waals surface area contributed by atoms with Crippen LogP contribution in [0.4, 0.5) is 0 Å². The molecule has 0 atom stereocenters. The van der Waals surface area contributed by atoms with E-state index in [0.717, 1.165) is 22.3 Å². The molecule has 0 bridgehead atoms. The highest BCUT2D eigenvalue weighted by Gasteiger charge is 2.22. The van der Waals surface area contributed by atoms with Gasteiger partial charge in [-0.3, -0.25) is 9.36 Å². The third-order valence-corrected chi connectivity index (χ3v) is 7.61. The van der Waals surface area contributed by atoms with Crippen molar-refractivity contribution in [3.63, 3.8) is 0 Å². The number of benzene rings is 2. The summed E-state index contributed by atoms with van der Waals surface area (Å²) in [7, 11) is 0. The molecule has 7 nitrogen and oxygen atoms in total. The minimum atomic E-state index is -0.396. The zero-order valence-corrected chi connectivity index (χ0v) is 21.3. The molecule has 2 aromatic heterocycles. The number of esters is 1. The van der Waals surface area contributed by atoms with E-state index in [2.05, 4.69) is 6.58 Å². The zero-order chi connectivity index (χ0) is 25.1. The molecule has 1 aliphatic heterocycles. The van der Waals surface area contributed by atoms with Crippen LogP contribution in [0.2, 0.25) is 0 Å². The van der Waals surface area contributed by atoms with Gasteiger partial charge in [0.2, 0.25) is 0 Å². The minimum absolute atomic E-state index is 0.102. The van der Waals surface area contributed by atoms with Crippen LogP contribution in [-0.2, 0) is 28.4 Å². The number of fused-ring (bicyclic) bond motifs is 2. The van der Waals surface area contributed by atoms with E-state index in [4.69, 9.17) is 19.2 Å². The molecule has 0 saturated heterocycles. The van der Waals surface area contributed by atoms with E-state index in [9.17, 15) is 9.59 Å². The lowest BCUT2D eigenvalue weighted by Crippen LogP contribution is -2.22. The summed E-state index contributed by atoms with van der Waals surface area (Å²) in [6, 6.07) is 13.4. The van der Waals surface area contributed by atoms with Crippen molar-refractivity contribution in [2.24, 2.45) is 0 Å². The number of carbonyl (C=O) groups is 1. The quantitative estimate of drug-likeness (QED) is 0.129. The minimum Gasteiger partial charge on any atom is -0.467 e. The van der Waals surface area contributed by atoms with Crippen molar-refractivity contribution in [3.8, 4) is 16.9 Å². The van der Waals surface area contributed by atoms with Gasteiger partial charge in [-0.2, -0.15) is 0 Å². The van der Waals surface area contributed by atoms with E-state index in [1.165, 1.54) is 23.1 Å². The Balaban J connectivity index is 1.53. The molecule has 5 rings (SSSR count). The Kier molecular flexibility index (Phi) is 7.22. The topological polar surface area (TPSA) is 79.7 Å². The normalized spacial score (nSPS) is 12.7. The fourth-order valence-electron chi connectivity index (χ4n) is 4.12. The maximum Gasteiger partial charge on any atom is 0.338 e. The molecule has 0 radical (unpaired) electrons. The molecule has 0 N–H and O–H groups in total. The van der Waals surface area contributed by atoms with E-state index < -0.39 is 5.97 Å². The molecule has 3 heterocycles. The number of carbonyl (C=O) groups excluding carboxylic acids is 1. The lowest BCUT2D eigenvalue weighted by Gasteiger charge is -2.21. The first-order valence-corrected chi connectivity index (χ1v) is 13.3. The summed E-state index contributed by atoms with van der Waals surface area (Å²) in [5.74, 6) is 0.747. The molecule has 0 unspecified atom stereocenters. The van der Waals surface area contributed by atoms with Crippen LogP contribution >= 0.6 is 23.1 Å². The van der Waals surface area contributed by atoms with Crippen LogP contribution in [0.15, 0.2) is 70.5 Å². The number of hydrogen-bond donors (Lipinski definition) is 0. The number of nitrogens with zero attached hydrogens (tertiary/aromatic N) is 2. The first-order valence-electron chi connectivity index (χ1n) is 11.4. The van der Waals surface area contributed by atoms with Crippen molar-refractivity contribution in [2.45, 2.75) is 31.0 Å². The van der Waals surface area contributed by atoms with Gasteiger partial charge < -0.3 is 14.2 Å². The van der Waals surface area contributed by atoms with Crippen molar-refractivity contribution in [3.05, 3.63) is 87.5 Å². The molecule has 184 valence electrons. The Bertz CT molecular complexity index is 1490. The first kappa shape index (κ1) is 24.3. The van der Waals surface area contributed by atoms with Crippen LogP contribution in [-0.4, -0.2) is 28.9 Å². The van der Waals surface area contributed by atoms with Gasteiger partial charge in [-0.05, 0) is 24.6 Å². The predicted octanol–water partition coefficient (Wildman–Crippen LogP) is 5.65. The second-order valence-corrected chi connectivity index (χ2v) is 9.84. The molecular formula is C27H24N2O5S2. The fraction of sp³-hybridized carbons (Fsp3) is 0.222. The molecule has 1 aliphatic rings. The van der Waals surface area contributed by atoms with Crippen molar-refractivity contribution in [2.75, 3.05) is 13.4 Å². The number of aromatic nitrogens is 2. The molecule has 36 heavy (non-hydrogen) atoms. The molecular weight excluding hydrogens is 496 g/mol. The van der Waals surface area contributed by atoms with Gasteiger partial charge in [-0.15, -0.1) is 17.9 Å². The molecule has 0 fully saturated rings. The summed E-state index contributed by atoms with van der Waals surface area (Å²) < 4.78 is 18.0. The van der Waals surface area contributed by atoms with E-state index in [1.54, 1.807) is 29.7 Å². The maximum atomic E-state index is 13.6. The van der Waals surface area contributed by atoms with Gasteiger partial charge in [-0.25, -0.2) is 9.78 Å². The molecule has 0 aliphatic carbocycles. The SMILES string of the molecule is C=CCn1c(SCc2cc(C(=O)OCC)cc3c2OCOC3)nc2scc(-c3ccccc3)c2c1=O. The summed E-state index contributed by atoms with van der Waals surface area (Å²) in [4.78, 5) is 31.6. The summed E-state index contributed by atoms with van der Waals surface area (Å²) in [5.41, 5.74) is 3.81. The number of hydrogen-bond acceptors (Lipinski definition) is 8. The van der Waals surface area contributed by atoms with Gasteiger partial charge >= 0.3 is 5.97 Å². The van der Waals surface area contributed by atoms with E-state index in [1.807, 2.05) is 35.7 Å². The van der Waals surface area contributed by atoms with Gasteiger partial charge in [0.15, 0.2) is 11.9 Å². The number of thiophene rings is 1. The molecule has 4 aromatic rings. The highest BCUT2D eigenvalue weighted by atomic mass is 32.2. The Morgan fingerprint density at radius 3 is 2.92 bits per heavy atom. The average Bonchev–Trinajstić information content (AvgIpc) is 3.34. The fourth-order valence-corrected chi connectivity index (χ4v) is 6.08. The van der Waals surface area contributed by atoms with Gasteiger partial charge in [0.1, 0.15) is 10.6 Å². The standard InChI is InChI=1S/C27H24N2O5S2/c1-3-10-29-25(30)22-21(17-8-6-5-7-9-17)15-35-24(22)28-27(29)36-14-20-12-18(26(31)33-4-2)11-19-13-32-16-34-23(19)20/h3,5-9,11-12,15H,1,4,10,13-14,16H2,2H3. The Morgan fingerprint density at radius 2 is 2.14 bits per heavy atom. The summed E-state index contributed by atoms with van der Waals surface area (Å²) in [6.07, 6.45) is 1.69. The van der Waals surface area contributed by atoms with Crippen LogP contribution in [0.5, 0.6) is 5.75 Å². The largest absolute Gasteiger partial charge is 0.467 e. The zero-order valence-electron chi connectivity index (χ0n) is 19.7. The van der Waals surface area contributed by atoms with Crippen LogP contribution in [0.3, 0.4) is 0 Å². The Hall–Kier alpha value is -3.40. The summed E-state index contributed by atoms with van der Waals surface area (Å²) in [6.45, 7) is 6.72. The predicted molar refractivity (Wildman–Crippen MR) is 142 cm³/mol. The van der Waals surface area contributed by atoms with Crippen molar-refractivity contribution in [1.29, 1.82) is 0 Å². The molecule has 2 aromatic carbocycles. The van der Waals surface area contributed by atoms with E-state index in [-0.39, 0.29) is 19.0 Å². The molecule has 0 amide bonds. The Labute approximate surface area is 216 Å². The maximum absolute atomic E-state index is 13.6. The highest BCUT2D eigenvalue weighted by Crippen LogP contribution is 2.36. The molecule has 0 spiro atoms. The van der Waals surface area contributed by atoms with Crippen molar-refractivity contribution >= 4 is 39.3 Å². The van der Waals surface area contributed by atoms with Crippen molar-refractivity contribution in [1.82, 2.24) is 9.55 Å². The second-order valence-electron chi connectivity index (χ2n) is 8.04. The van der Waals surface area contributed by atoms with Crippen LogP contribution < -0.4 is 10.3 Å². The Morgan fingerprint density at radius 1 is 1.31 bits per heavy atom. The molecule has 9 heteroatoms. The third kappa shape index (κ3) is 4.69. The highest BCUT2D eigenvalue weighted by molar-refractivity contribution is 7.98. The lowest BCUT2D eigenvalue weighted by molar-refractivity contribution is -0.0169. The summed E-state index contributed by atoms with van der Waals surface area (Å²) >= 11 is 2.87. The molecule has 0 saturated carbocycles. The van der Waals surface area contributed by atoms with Crippen LogP contribution in [0, 0.1) is 0 Å². The van der Waals surface area contributed by atoms with Gasteiger partial charge in [0.25, 0.3) is 5.56 Å². The van der Waals surface area contributed by atoms with Crippen LogP contribution in [0.1, 0.15) is 28.4 Å². The lowest BCUT2D eigenvalue weighted by atomic mass is 10.0. The first-order chi connectivity index (χ1) is 17.6. The summed E-state index contributed by atoms with van der Waals surface area (Å²) in [5, 5.41) is 3.17. The van der Waals surface area contributed by atoms with Gasteiger partial charge in [0.05, 0.1) is 24.2 Å². The number of ether oxygens (including phenoxy) is 3. The number of thioether (sulfide) groups is 1. The second kappa shape index (κ2) is 10.7. The van der Waals surface area contributed by atoms with Crippen molar-refractivity contribution < 1.29 is 19.0 Å². The van der Waals surface area contributed by atoms with E-state index in [0.29, 0.717) is 45.6 Å². The van der Waals surface area contributed by atoms with Gasteiger partial charge in [0, 0.05) is 34.4 Å². The smallest absolute Gasteiger partial charge is 0.338 e. The van der Waals surface area contributed by atoms with Crippen LogP contribution in [0.25, 0.3) is 21.3 Å². The number of allylic oxidation sites excluding steroid dienone is 1. The average molecular weight is 521 g/mol. The third-order valence-electron chi connectivity index (χ3n) is 5.71. The monoisotopic (exact) mass is 520 g/mol.